The Morgan fingerprint density at radius 3 is 2.78 bits per heavy atom. The van der Waals surface area contributed by atoms with E-state index in [9.17, 15) is 5.11 Å². The number of piperidine rings is 1. The van der Waals surface area contributed by atoms with Crippen molar-refractivity contribution in [2.75, 3.05) is 19.6 Å². The second kappa shape index (κ2) is 6.76. The molecule has 1 saturated heterocycles. The lowest BCUT2D eigenvalue weighted by Gasteiger charge is -2.38. The Bertz CT molecular complexity index is 627. The highest BCUT2D eigenvalue weighted by Gasteiger charge is 2.37. The summed E-state index contributed by atoms with van der Waals surface area (Å²) in [5.41, 5.74) is 1.09. The molecule has 0 aliphatic carbocycles. The molecular formula is C17H25N5O. The van der Waals surface area contributed by atoms with Crippen LogP contribution in [0.25, 0.3) is 0 Å². The van der Waals surface area contributed by atoms with E-state index in [4.69, 9.17) is 0 Å². The molecule has 23 heavy (non-hydrogen) atoms. The smallest absolute Gasteiger partial charge is 0.123 e. The molecule has 6 heteroatoms. The first kappa shape index (κ1) is 16.1. The number of hydrogen-bond acceptors (Lipinski definition) is 5. The van der Waals surface area contributed by atoms with Gasteiger partial charge in [0.2, 0.25) is 0 Å². The van der Waals surface area contributed by atoms with Crippen molar-refractivity contribution in [3.05, 3.63) is 42.0 Å². The van der Waals surface area contributed by atoms with Gasteiger partial charge in [-0.25, -0.2) is 4.68 Å². The Balaban J connectivity index is 1.64. The first-order valence-electron chi connectivity index (χ1n) is 8.33. The molecule has 1 fully saturated rings. The summed E-state index contributed by atoms with van der Waals surface area (Å²) in [6, 6.07) is 4.35. The maximum Gasteiger partial charge on any atom is 0.123 e. The Hall–Kier alpha value is -1.79. The molecule has 0 radical (unpaired) electrons. The predicted octanol–water partition coefficient (Wildman–Crippen LogP) is 1.78. The fourth-order valence-corrected chi connectivity index (χ4v) is 3.10. The highest BCUT2D eigenvalue weighted by atomic mass is 16.3. The van der Waals surface area contributed by atoms with E-state index in [1.54, 1.807) is 0 Å². The molecule has 0 unspecified atom stereocenters. The lowest BCUT2D eigenvalue weighted by Crippen LogP contribution is -2.47. The topological polar surface area (TPSA) is 67.1 Å². The number of aromatic nitrogens is 4. The maximum absolute atomic E-state index is 11.0. The van der Waals surface area contributed by atoms with Crippen molar-refractivity contribution in [2.45, 2.75) is 44.8 Å². The molecule has 6 nitrogen and oxygen atoms in total. The van der Waals surface area contributed by atoms with Gasteiger partial charge in [-0.1, -0.05) is 5.21 Å². The number of rotatable bonds is 5. The molecule has 2 aromatic heterocycles. The van der Waals surface area contributed by atoms with Gasteiger partial charge in [-0.05, 0) is 57.4 Å². The first-order valence-corrected chi connectivity index (χ1v) is 8.33. The monoisotopic (exact) mass is 315 g/mol. The number of hydrogen-bond donors (Lipinski definition) is 1. The Morgan fingerprint density at radius 1 is 1.30 bits per heavy atom. The van der Waals surface area contributed by atoms with E-state index in [1.807, 2.05) is 35.4 Å². The molecule has 3 heterocycles. The SMILES string of the molecule is CC(C)n1cc([C@]2(O)CCCN(CCc3ccncc3)C2)nn1. The van der Waals surface area contributed by atoms with Crippen LogP contribution in [-0.2, 0) is 12.0 Å². The van der Waals surface area contributed by atoms with Gasteiger partial charge in [0.1, 0.15) is 11.3 Å². The zero-order chi connectivity index (χ0) is 16.3. The largest absolute Gasteiger partial charge is 0.382 e. The van der Waals surface area contributed by atoms with Crippen LogP contribution >= 0.6 is 0 Å². The van der Waals surface area contributed by atoms with Crippen molar-refractivity contribution in [3.63, 3.8) is 0 Å². The number of nitrogens with zero attached hydrogens (tertiary/aromatic N) is 5. The van der Waals surface area contributed by atoms with Gasteiger partial charge in [-0.3, -0.25) is 9.88 Å². The Labute approximate surface area is 137 Å². The van der Waals surface area contributed by atoms with E-state index in [0.717, 1.165) is 32.4 Å². The lowest BCUT2D eigenvalue weighted by molar-refractivity contribution is -0.0385. The third kappa shape index (κ3) is 3.76. The second-order valence-corrected chi connectivity index (χ2v) is 6.69. The number of pyridine rings is 1. The van der Waals surface area contributed by atoms with Crippen molar-refractivity contribution in [2.24, 2.45) is 0 Å². The lowest BCUT2D eigenvalue weighted by atomic mass is 9.90. The fraction of sp³-hybridized carbons (Fsp3) is 0.588. The van der Waals surface area contributed by atoms with Crippen molar-refractivity contribution in [1.82, 2.24) is 24.9 Å². The van der Waals surface area contributed by atoms with Crippen LogP contribution in [-0.4, -0.2) is 49.6 Å². The summed E-state index contributed by atoms with van der Waals surface area (Å²) in [6.45, 7) is 6.69. The van der Waals surface area contributed by atoms with Crippen LogP contribution in [0.5, 0.6) is 0 Å². The summed E-state index contributed by atoms with van der Waals surface area (Å²) < 4.78 is 1.81. The minimum Gasteiger partial charge on any atom is -0.382 e. The van der Waals surface area contributed by atoms with Crippen molar-refractivity contribution in [3.8, 4) is 0 Å². The quantitative estimate of drug-likeness (QED) is 0.911. The van der Waals surface area contributed by atoms with Crippen LogP contribution in [0.3, 0.4) is 0 Å². The van der Waals surface area contributed by atoms with Gasteiger partial charge in [-0.15, -0.1) is 5.10 Å². The van der Waals surface area contributed by atoms with Gasteiger partial charge in [0.25, 0.3) is 0 Å². The summed E-state index contributed by atoms with van der Waals surface area (Å²) in [7, 11) is 0. The van der Waals surface area contributed by atoms with E-state index in [1.165, 1.54) is 5.56 Å². The van der Waals surface area contributed by atoms with Crippen LogP contribution in [0.15, 0.2) is 30.7 Å². The van der Waals surface area contributed by atoms with Crippen molar-refractivity contribution < 1.29 is 5.11 Å². The molecule has 1 atom stereocenters. The molecule has 1 N–H and O–H groups in total. The van der Waals surface area contributed by atoms with Gasteiger partial charge >= 0.3 is 0 Å². The summed E-state index contributed by atoms with van der Waals surface area (Å²) >= 11 is 0. The molecule has 0 spiro atoms. The van der Waals surface area contributed by atoms with E-state index < -0.39 is 5.60 Å². The maximum atomic E-state index is 11.0. The average Bonchev–Trinajstić information content (AvgIpc) is 3.05. The highest BCUT2D eigenvalue weighted by Crippen LogP contribution is 2.30. The van der Waals surface area contributed by atoms with Gasteiger partial charge in [0, 0.05) is 31.5 Å². The predicted molar refractivity (Wildman–Crippen MR) is 87.9 cm³/mol. The molecule has 3 rings (SSSR count). The molecule has 0 amide bonds. The highest BCUT2D eigenvalue weighted by molar-refractivity contribution is 5.12. The summed E-state index contributed by atoms with van der Waals surface area (Å²) in [4.78, 5) is 6.37. The zero-order valence-electron chi connectivity index (χ0n) is 13.9. The van der Waals surface area contributed by atoms with Crippen molar-refractivity contribution in [1.29, 1.82) is 0 Å². The molecular weight excluding hydrogens is 290 g/mol. The molecule has 0 saturated carbocycles. The van der Waals surface area contributed by atoms with Crippen LogP contribution < -0.4 is 0 Å². The first-order chi connectivity index (χ1) is 11.1. The number of β-amino-alcohol motifs (C(OH)–C–C–N with tert-alkyl or cyclic N) is 1. The molecule has 1 aliphatic rings. The van der Waals surface area contributed by atoms with Crippen molar-refractivity contribution >= 4 is 0 Å². The fourth-order valence-electron chi connectivity index (χ4n) is 3.10. The standard InChI is InChI=1S/C17H25N5O/c1-14(2)22-12-16(19-20-22)17(23)7-3-10-21(13-17)11-6-15-4-8-18-9-5-15/h4-5,8-9,12,14,23H,3,6-7,10-11,13H2,1-2H3/t17-/m0/s1. The molecule has 124 valence electrons. The third-order valence-corrected chi connectivity index (χ3v) is 4.53. The molecule has 2 aromatic rings. The van der Waals surface area contributed by atoms with Crippen LogP contribution in [0.2, 0.25) is 0 Å². The van der Waals surface area contributed by atoms with Gasteiger partial charge in [0.15, 0.2) is 0 Å². The van der Waals surface area contributed by atoms with Gasteiger partial charge in [0.05, 0.1) is 6.20 Å². The van der Waals surface area contributed by atoms with Crippen LogP contribution in [0.4, 0.5) is 0 Å². The molecule has 1 aliphatic heterocycles. The summed E-state index contributed by atoms with van der Waals surface area (Å²) in [5, 5.41) is 19.4. The van der Waals surface area contributed by atoms with E-state index >= 15 is 0 Å². The van der Waals surface area contributed by atoms with Crippen LogP contribution in [0.1, 0.15) is 44.0 Å². The molecule has 0 aromatic carbocycles. The summed E-state index contributed by atoms with van der Waals surface area (Å²) in [5.74, 6) is 0. The van der Waals surface area contributed by atoms with Crippen LogP contribution in [0, 0.1) is 0 Å². The van der Waals surface area contributed by atoms with E-state index in [2.05, 4.69) is 34.0 Å². The van der Waals surface area contributed by atoms with E-state index in [-0.39, 0.29) is 6.04 Å². The van der Waals surface area contributed by atoms with E-state index in [0.29, 0.717) is 12.2 Å². The number of aliphatic hydroxyl groups is 1. The zero-order valence-corrected chi connectivity index (χ0v) is 13.9. The number of likely N-dealkylation sites (tertiary alicyclic amines) is 1. The normalized spacial score (nSPS) is 22.6. The summed E-state index contributed by atoms with van der Waals surface area (Å²) in [6.07, 6.45) is 8.23. The molecule has 0 bridgehead atoms. The minimum absolute atomic E-state index is 0.256. The van der Waals surface area contributed by atoms with Gasteiger partial charge < -0.3 is 5.11 Å². The third-order valence-electron chi connectivity index (χ3n) is 4.53. The van der Waals surface area contributed by atoms with Gasteiger partial charge in [-0.2, -0.15) is 0 Å². The second-order valence-electron chi connectivity index (χ2n) is 6.69. The minimum atomic E-state index is -0.885. The Kier molecular flexibility index (Phi) is 4.73. The average molecular weight is 315 g/mol. The Morgan fingerprint density at radius 2 is 2.09 bits per heavy atom.